The summed E-state index contributed by atoms with van der Waals surface area (Å²) in [5, 5.41) is 8.64. The van der Waals surface area contributed by atoms with Gasteiger partial charge in [0.05, 0.1) is 0 Å². The maximum Gasteiger partial charge on any atom is 0.330 e. The van der Waals surface area contributed by atoms with E-state index in [9.17, 15) is 4.79 Å². The predicted octanol–water partition coefficient (Wildman–Crippen LogP) is 2.57. The fraction of sp³-hybridized carbons (Fsp3) is 0.250. The van der Waals surface area contributed by atoms with E-state index in [0.29, 0.717) is 12.0 Å². The van der Waals surface area contributed by atoms with Crippen LogP contribution in [-0.4, -0.2) is 11.1 Å². The van der Waals surface area contributed by atoms with Gasteiger partial charge in [0.15, 0.2) is 0 Å². The number of benzene rings is 1. The van der Waals surface area contributed by atoms with Crippen molar-refractivity contribution in [3.05, 3.63) is 47.0 Å². The molecular formula is C12H14O2. The van der Waals surface area contributed by atoms with Crippen LogP contribution in [0.3, 0.4) is 0 Å². The normalized spacial score (nSPS) is 11.4. The molecule has 1 N–H and O–H groups in total. The third-order valence-corrected chi connectivity index (χ3v) is 2.10. The highest BCUT2D eigenvalue weighted by atomic mass is 16.4. The second-order valence-electron chi connectivity index (χ2n) is 3.38. The summed E-state index contributed by atoms with van der Waals surface area (Å²) in [5.74, 6) is -0.850. The van der Waals surface area contributed by atoms with Gasteiger partial charge < -0.3 is 5.11 Å². The van der Waals surface area contributed by atoms with Crippen molar-refractivity contribution in [1.29, 1.82) is 0 Å². The summed E-state index contributed by atoms with van der Waals surface area (Å²) in [6.45, 7) is 3.64. The molecular weight excluding hydrogens is 176 g/mol. The molecule has 14 heavy (non-hydrogen) atoms. The summed E-state index contributed by atoms with van der Waals surface area (Å²) in [6.07, 6.45) is 2.41. The first-order valence-corrected chi connectivity index (χ1v) is 4.55. The second kappa shape index (κ2) is 4.61. The summed E-state index contributed by atoms with van der Waals surface area (Å²) >= 11 is 0. The van der Waals surface area contributed by atoms with Gasteiger partial charge in [0.25, 0.3) is 0 Å². The number of aliphatic carboxylic acids is 1. The van der Waals surface area contributed by atoms with Gasteiger partial charge in [-0.05, 0) is 25.8 Å². The standard InChI is InChI=1S/C12H14O2/c1-9-3-6-11(7-4-9)8-5-10(2)12(13)14/h3-7H,8H2,1-2H3,(H,13,14)/b10-5+. The van der Waals surface area contributed by atoms with E-state index in [0.717, 1.165) is 5.56 Å². The summed E-state index contributed by atoms with van der Waals surface area (Å²) < 4.78 is 0. The molecule has 0 spiro atoms. The van der Waals surface area contributed by atoms with E-state index in [1.54, 1.807) is 13.0 Å². The molecule has 0 saturated heterocycles. The molecule has 0 heterocycles. The van der Waals surface area contributed by atoms with Gasteiger partial charge in [-0.25, -0.2) is 4.79 Å². The summed E-state index contributed by atoms with van der Waals surface area (Å²) in [6, 6.07) is 8.08. The first-order valence-electron chi connectivity index (χ1n) is 4.55. The lowest BCUT2D eigenvalue weighted by Crippen LogP contribution is -1.96. The Kier molecular flexibility index (Phi) is 3.46. The Morgan fingerprint density at radius 3 is 2.43 bits per heavy atom. The van der Waals surface area contributed by atoms with Gasteiger partial charge in [0.2, 0.25) is 0 Å². The van der Waals surface area contributed by atoms with Gasteiger partial charge in [0.1, 0.15) is 0 Å². The van der Waals surface area contributed by atoms with Crippen LogP contribution in [0, 0.1) is 6.92 Å². The average Bonchev–Trinajstić information content (AvgIpc) is 2.16. The second-order valence-corrected chi connectivity index (χ2v) is 3.38. The Balaban J connectivity index is 2.66. The van der Waals surface area contributed by atoms with Crippen LogP contribution in [0.15, 0.2) is 35.9 Å². The molecule has 0 radical (unpaired) electrons. The van der Waals surface area contributed by atoms with Crippen LogP contribution in [0.25, 0.3) is 0 Å². The maximum atomic E-state index is 10.5. The molecule has 0 fully saturated rings. The molecule has 0 atom stereocenters. The number of aryl methyl sites for hydroxylation is 1. The molecule has 0 bridgehead atoms. The minimum atomic E-state index is -0.850. The highest BCUT2D eigenvalue weighted by Gasteiger charge is 1.98. The van der Waals surface area contributed by atoms with Crippen molar-refractivity contribution in [2.45, 2.75) is 20.3 Å². The fourth-order valence-corrected chi connectivity index (χ4v) is 1.08. The van der Waals surface area contributed by atoms with Gasteiger partial charge in [-0.15, -0.1) is 0 Å². The molecule has 0 saturated carbocycles. The summed E-state index contributed by atoms with van der Waals surface area (Å²) in [5.41, 5.74) is 2.74. The lowest BCUT2D eigenvalue weighted by Gasteiger charge is -1.98. The van der Waals surface area contributed by atoms with Crippen LogP contribution >= 0.6 is 0 Å². The molecule has 1 rings (SSSR count). The van der Waals surface area contributed by atoms with Crippen LogP contribution in [0.1, 0.15) is 18.1 Å². The Hall–Kier alpha value is -1.57. The lowest BCUT2D eigenvalue weighted by atomic mass is 10.1. The fourth-order valence-electron chi connectivity index (χ4n) is 1.08. The molecule has 1 aromatic rings. The van der Waals surface area contributed by atoms with Crippen LogP contribution < -0.4 is 0 Å². The zero-order chi connectivity index (χ0) is 10.6. The molecule has 0 unspecified atom stereocenters. The average molecular weight is 190 g/mol. The Morgan fingerprint density at radius 2 is 1.93 bits per heavy atom. The summed E-state index contributed by atoms with van der Waals surface area (Å²) in [7, 11) is 0. The van der Waals surface area contributed by atoms with Crippen molar-refractivity contribution in [3.63, 3.8) is 0 Å². The van der Waals surface area contributed by atoms with Crippen molar-refractivity contribution >= 4 is 5.97 Å². The zero-order valence-electron chi connectivity index (χ0n) is 8.45. The van der Waals surface area contributed by atoms with Crippen molar-refractivity contribution in [1.82, 2.24) is 0 Å². The first-order chi connectivity index (χ1) is 6.59. The first kappa shape index (κ1) is 10.5. The van der Waals surface area contributed by atoms with Crippen LogP contribution in [0.2, 0.25) is 0 Å². The van der Waals surface area contributed by atoms with E-state index in [2.05, 4.69) is 0 Å². The molecule has 0 aromatic heterocycles. The highest BCUT2D eigenvalue weighted by Crippen LogP contribution is 2.05. The molecule has 0 aliphatic heterocycles. The van der Waals surface area contributed by atoms with Crippen molar-refractivity contribution < 1.29 is 9.90 Å². The number of allylic oxidation sites excluding steroid dienone is 1. The number of hydrogen-bond acceptors (Lipinski definition) is 1. The van der Waals surface area contributed by atoms with E-state index in [-0.39, 0.29) is 0 Å². The quantitative estimate of drug-likeness (QED) is 0.744. The number of carboxylic acids is 1. The number of hydrogen-bond donors (Lipinski definition) is 1. The minimum absolute atomic E-state index is 0.394. The molecule has 74 valence electrons. The van der Waals surface area contributed by atoms with Gasteiger partial charge in [-0.2, -0.15) is 0 Å². The maximum absolute atomic E-state index is 10.5. The molecule has 2 nitrogen and oxygen atoms in total. The Morgan fingerprint density at radius 1 is 1.36 bits per heavy atom. The molecule has 1 aromatic carbocycles. The van der Waals surface area contributed by atoms with E-state index in [1.807, 2.05) is 31.2 Å². The zero-order valence-corrected chi connectivity index (χ0v) is 8.45. The van der Waals surface area contributed by atoms with Crippen molar-refractivity contribution in [2.75, 3.05) is 0 Å². The van der Waals surface area contributed by atoms with E-state index in [1.165, 1.54) is 5.56 Å². The van der Waals surface area contributed by atoms with Crippen LogP contribution in [-0.2, 0) is 11.2 Å². The van der Waals surface area contributed by atoms with Crippen LogP contribution in [0.4, 0.5) is 0 Å². The van der Waals surface area contributed by atoms with Crippen molar-refractivity contribution in [2.24, 2.45) is 0 Å². The van der Waals surface area contributed by atoms with Gasteiger partial charge in [0, 0.05) is 5.57 Å². The molecule has 2 heteroatoms. The SMILES string of the molecule is C/C(=C\Cc1ccc(C)cc1)C(=O)O. The third-order valence-electron chi connectivity index (χ3n) is 2.10. The Bertz CT molecular complexity index is 347. The lowest BCUT2D eigenvalue weighted by molar-refractivity contribution is -0.132. The van der Waals surface area contributed by atoms with E-state index in [4.69, 9.17) is 5.11 Å². The monoisotopic (exact) mass is 190 g/mol. The van der Waals surface area contributed by atoms with Gasteiger partial charge in [-0.3, -0.25) is 0 Å². The highest BCUT2D eigenvalue weighted by molar-refractivity contribution is 5.85. The van der Waals surface area contributed by atoms with Crippen molar-refractivity contribution in [3.8, 4) is 0 Å². The smallest absolute Gasteiger partial charge is 0.330 e. The van der Waals surface area contributed by atoms with Crippen LogP contribution in [0.5, 0.6) is 0 Å². The molecule has 0 aliphatic rings. The largest absolute Gasteiger partial charge is 0.478 e. The number of carbonyl (C=O) groups is 1. The predicted molar refractivity (Wildman–Crippen MR) is 56.3 cm³/mol. The van der Waals surface area contributed by atoms with E-state index >= 15 is 0 Å². The number of rotatable bonds is 3. The van der Waals surface area contributed by atoms with E-state index < -0.39 is 5.97 Å². The molecule has 0 aliphatic carbocycles. The topological polar surface area (TPSA) is 37.3 Å². The van der Waals surface area contributed by atoms with Gasteiger partial charge >= 0.3 is 5.97 Å². The molecule has 0 amide bonds. The minimum Gasteiger partial charge on any atom is -0.478 e. The summed E-state index contributed by atoms with van der Waals surface area (Å²) in [4.78, 5) is 10.5. The number of carboxylic acid groups (broad SMARTS) is 1. The Labute approximate surface area is 83.9 Å². The third kappa shape index (κ3) is 3.05. The van der Waals surface area contributed by atoms with Gasteiger partial charge in [-0.1, -0.05) is 35.9 Å².